The Morgan fingerprint density at radius 2 is 1.45 bits per heavy atom. The summed E-state index contributed by atoms with van der Waals surface area (Å²) in [6.45, 7) is 13.8. The Labute approximate surface area is 127 Å². The summed E-state index contributed by atoms with van der Waals surface area (Å²) in [5, 5.41) is 0.757. The molecule has 0 bridgehead atoms. The van der Waals surface area contributed by atoms with Gasteiger partial charge in [-0.2, -0.15) is 0 Å². The molecule has 2 aromatic rings. The van der Waals surface area contributed by atoms with Crippen LogP contribution in [-0.2, 0) is 0 Å². The van der Waals surface area contributed by atoms with Crippen LogP contribution in [0, 0.1) is 20.8 Å². The molecule has 0 heterocycles. The van der Waals surface area contributed by atoms with Crippen LogP contribution in [0.5, 0.6) is 0 Å². The lowest BCUT2D eigenvalue weighted by molar-refractivity contribution is 1.30. The smallest absolute Gasteiger partial charge is 0.0478 e. The van der Waals surface area contributed by atoms with Crippen molar-refractivity contribution in [3.05, 3.63) is 82.4 Å². The van der Waals surface area contributed by atoms with Gasteiger partial charge in [-0.05, 0) is 49.1 Å². The van der Waals surface area contributed by atoms with Gasteiger partial charge >= 0.3 is 0 Å². The summed E-state index contributed by atoms with van der Waals surface area (Å²) >= 11 is 5.75. The van der Waals surface area contributed by atoms with E-state index in [1.807, 2.05) is 30.3 Å². The van der Waals surface area contributed by atoms with Crippen LogP contribution in [0.4, 0.5) is 0 Å². The normalized spacial score (nSPS) is 9.40. The van der Waals surface area contributed by atoms with E-state index in [0.29, 0.717) is 0 Å². The molecule has 104 valence electrons. The first-order valence-electron chi connectivity index (χ1n) is 6.56. The summed E-state index contributed by atoms with van der Waals surface area (Å²) in [7, 11) is 0. The second-order valence-electron chi connectivity index (χ2n) is 4.74. The van der Waals surface area contributed by atoms with E-state index in [9.17, 15) is 0 Å². The molecule has 0 unspecified atom stereocenters. The van der Waals surface area contributed by atoms with Crippen molar-refractivity contribution in [3.8, 4) is 0 Å². The van der Waals surface area contributed by atoms with Crippen LogP contribution in [0.3, 0.4) is 0 Å². The highest BCUT2D eigenvalue weighted by Crippen LogP contribution is 2.16. The standard InChI is InChI=1S/C11H14.C8H7Cl/c1-5-11-9(3)6-8(2)7-10(11)4;1-2-7-5-3-4-6-8(7)9/h5-7H,1H2,2-4H3;2-6H,1H2. The predicted molar refractivity (Wildman–Crippen MR) is 92.3 cm³/mol. The van der Waals surface area contributed by atoms with E-state index in [0.717, 1.165) is 10.6 Å². The average Bonchev–Trinajstić information content (AvgIpc) is 2.39. The average molecular weight is 285 g/mol. The van der Waals surface area contributed by atoms with E-state index in [1.165, 1.54) is 22.3 Å². The summed E-state index contributed by atoms with van der Waals surface area (Å²) in [6, 6.07) is 12.0. The minimum atomic E-state index is 0.757. The maximum Gasteiger partial charge on any atom is 0.0478 e. The van der Waals surface area contributed by atoms with Gasteiger partial charge in [0, 0.05) is 5.02 Å². The van der Waals surface area contributed by atoms with Crippen molar-refractivity contribution in [1.82, 2.24) is 0 Å². The fourth-order valence-electron chi connectivity index (χ4n) is 2.15. The lowest BCUT2D eigenvalue weighted by Crippen LogP contribution is -1.87. The second-order valence-corrected chi connectivity index (χ2v) is 5.15. The van der Waals surface area contributed by atoms with E-state index in [4.69, 9.17) is 11.6 Å². The summed E-state index contributed by atoms with van der Waals surface area (Å²) in [4.78, 5) is 0. The molecule has 0 N–H and O–H groups in total. The number of aryl methyl sites for hydroxylation is 3. The van der Waals surface area contributed by atoms with Gasteiger partial charge in [0.15, 0.2) is 0 Å². The van der Waals surface area contributed by atoms with Crippen LogP contribution in [-0.4, -0.2) is 0 Å². The zero-order chi connectivity index (χ0) is 15.1. The Kier molecular flexibility index (Phi) is 6.27. The Morgan fingerprint density at radius 3 is 1.85 bits per heavy atom. The largest absolute Gasteiger partial charge is 0.0985 e. The van der Waals surface area contributed by atoms with Crippen molar-refractivity contribution < 1.29 is 0 Å². The first kappa shape index (κ1) is 16.3. The molecule has 2 aromatic carbocycles. The van der Waals surface area contributed by atoms with Gasteiger partial charge in [-0.1, -0.05) is 72.8 Å². The van der Waals surface area contributed by atoms with Gasteiger partial charge in [0.1, 0.15) is 0 Å². The molecule has 0 aromatic heterocycles. The SMILES string of the molecule is C=Cc1c(C)cc(C)cc1C.C=Cc1ccccc1Cl. The number of hydrogen-bond donors (Lipinski definition) is 0. The lowest BCUT2D eigenvalue weighted by Gasteiger charge is -2.05. The number of hydrogen-bond acceptors (Lipinski definition) is 0. The van der Waals surface area contributed by atoms with E-state index in [-0.39, 0.29) is 0 Å². The fraction of sp³-hybridized carbons (Fsp3) is 0.158. The molecule has 0 radical (unpaired) electrons. The molecule has 20 heavy (non-hydrogen) atoms. The molecule has 0 amide bonds. The van der Waals surface area contributed by atoms with Crippen LogP contribution in [0.15, 0.2) is 49.6 Å². The second kappa shape index (κ2) is 7.72. The molecule has 0 saturated carbocycles. The van der Waals surface area contributed by atoms with Crippen molar-refractivity contribution in [1.29, 1.82) is 0 Å². The Balaban J connectivity index is 0.000000204. The Hall–Kier alpha value is -1.79. The molecule has 0 nitrogen and oxygen atoms in total. The minimum Gasteiger partial charge on any atom is -0.0985 e. The zero-order valence-corrected chi connectivity index (χ0v) is 13.2. The molecule has 0 aliphatic rings. The monoisotopic (exact) mass is 284 g/mol. The topological polar surface area (TPSA) is 0 Å². The Morgan fingerprint density at radius 1 is 0.900 bits per heavy atom. The highest BCUT2D eigenvalue weighted by atomic mass is 35.5. The van der Waals surface area contributed by atoms with E-state index in [1.54, 1.807) is 6.08 Å². The molecule has 0 aliphatic heterocycles. The van der Waals surface area contributed by atoms with Gasteiger partial charge in [-0.25, -0.2) is 0 Å². The molecule has 0 saturated heterocycles. The van der Waals surface area contributed by atoms with Gasteiger partial charge in [0.05, 0.1) is 0 Å². The molecule has 0 aliphatic carbocycles. The molecule has 0 atom stereocenters. The molecule has 0 fully saturated rings. The lowest BCUT2D eigenvalue weighted by atomic mass is 10.0. The summed E-state index contributed by atoms with van der Waals surface area (Å²) in [5.74, 6) is 0. The highest BCUT2D eigenvalue weighted by molar-refractivity contribution is 6.32. The van der Waals surface area contributed by atoms with Crippen molar-refractivity contribution >= 4 is 23.8 Å². The minimum absolute atomic E-state index is 0.757. The first-order valence-corrected chi connectivity index (χ1v) is 6.94. The predicted octanol–water partition coefficient (Wildman–Crippen LogP) is 6.24. The number of benzene rings is 2. The van der Waals surface area contributed by atoms with Crippen LogP contribution in [0.2, 0.25) is 5.02 Å². The van der Waals surface area contributed by atoms with Crippen LogP contribution in [0.25, 0.3) is 12.2 Å². The van der Waals surface area contributed by atoms with E-state index in [2.05, 4.69) is 46.1 Å². The third-order valence-electron chi connectivity index (χ3n) is 3.07. The van der Waals surface area contributed by atoms with Gasteiger partial charge in [0.25, 0.3) is 0 Å². The summed E-state index contributed by atoms with van der Waals surface area (Å²) < 4.78 is 0. The fourth-order valence-corrected chi connectivity index (χ4v) is 2.37. The van der Waals surface area contributed by atoms with E-state index >= 15 is 0 Å². The summed E-state index contributed by atoms with van der Waals surface area (Å²) in [5.41, 5.74) is 6.22. The van der Waals surface area contributed by atoms with Crippen molar-refractivity contribution in [2.24, 2.45) is 0 Å². The van der Waals surface area contributed by atoms with Crippen molar-refractivity contribution in [2.75, 3.05) is 0 Å². The van der Waals surface area contributed by atoms with Gasteiger partial charge < -0.3 is 0 Å². The van der Waals surface area contributed by atoms with Gasteiger partial charge in [-0.3, -0.25) is 0 Å². The van der Waals surface area contributed by atoms with Crippen LogP contribution < -0.4 is 0 Å². The molecule has 0 spiro atoms. The van der Waals surface area contributed by atoms with Crippen molar-refractivity contribution in [2.45, 2.75) is 20.8 Å². The molecule has 1 heteroatoms. The molecular weight excluding hydrogens is 264 g/mol. The molecular formula is C19H21Cl. The number of rotatable bonds is 2. The van der Waals surface area contributed by atoms with Crippen molar-refractivity contribution in [3.63, 3.8) is 0 Å². The highest BCUT2D eigenvalue weighted by Gasteiger charge is 1.98. The van der Waals surface area contributed by atoms with Gasteiger partial charge in [0.2, 0.25) is 0 Å². The number of halogens is 1. The third-order valence-corrected chi connectivity index (χ3v) is 3.41. The maximum atomic E-state index is 5.75. The first-order chi connectivity index (χ1) is 9.49. The third kappa shape index (κ3) is 4.40. The summed E-state index contributed by atoms with van der Waals surface area (Å²) in [6.07, 6.45) is 3.66. The quantitative estimate of drug-likeness (QED) is 0.612. The Bertz CT molecular complexity index is 586. The maximum absolute atomic E-state index is 5.75. The van der Waals surface area contributed by atoms with E-state index < -0.39 is 0 Å². The zero-order valence-electron chi connectivity index (χ0n) is 12.4. The van der Waals surface area contributed by atoms with Crippen LogP contribution >= 0.6 is 11.6 Å². The van der Waals surface area contributed by atoms with Gasteiger partial charge in [-0.15, -0.1) is 0 Å². The van der Waals surface area contributed by atoms with Crippen LogP contribution in [0.1, 0.15) is 27.8 Å². The molecule has 2 rings (SSSR count).